The summed E-state index contributed by atoms with van der Waals surface area (Å²) < 4.78 is 24.8. The van der Waals surface area contributed by atoms with Crippen LogP contribution in [-0.2, 0) is 9.47 Å². The Morgan fingerprint density at radius 2 is 1.77 bits per heavy atom. The number of rotatable bonds is 4. The van der Waals surface area contributed by atoms with Crippen LogP contribution in [0.1, 0.15) is 62.4 Å². The van der Waals surface area contributed by atoms with Crippen molar-refractivity contribution in [2.75, 3.05) is 13.2 Å². The predicted octanol–water partition coefficient (Wildman–Crippen LogP) is 5.27. The van der Waals surface area contributed by atoms with Gasteiger partial charge in [0, 0.05) is 11.5 Å². The van der Waals surface area contributed by atoms with Gasteiger partial charge < -0.3 is 9.47 Å². The van der Waals surface area contributed by atoms with Crippen LogP contribution in [0.5, 0.6) is 0 Å². The zero-order chi connectivity index (χ0) is 15.4. The molecule has 0 saturated carbocycles. The normalized spacial score (nSPS) is 29.2. The van der Waals surface area contributed by atoms with Crippen LogP contribution in [0.3, 0.4) is 0 Å². The molecule has 2 aliphatic rings. The number of ether oxygens (including phenoxy) is 2. The lowest BCUT2D eigenvalue weighted by Crippen LogP contribution is -2.26. The lowest BCUT2D eigenvalue weighted by Gasteiger charge is -2.29. The third-order valence-corrected chi connectivity index (χ3v) is 4.70. The number of allylic oxidation sites excluding steroid dienone is 2. The molecule has 0 amide bonds. The van der Waals surface area contributed by atoms with Gasteiger partial charge in [-0.2, -0.15) is 0 Å². The Labute approximate surface area is 132 Å². The Bertz CT molecular complexity index is 501. The van der Waals surface area contributed by atoms with Crippen molar-refractivity contribution in [1.82, 2.24) is 0 Å². The van der Waals surface area contributed by atoms with E-state index in [0.717, 1.165) is 38.0 Å². The molecular weight excluding hydrogens is 279 g/mol. The van der Waals surface area contributed by atoms with E-state index in [1.54, 1.807) is 6.08 Å². The minimum atomic E-state index is -0.231. The molecule has 1 atom stereocenters. The van der Waals surface area contributed by atoms with E-state index in [9.17, 15) is 4.39 Å². The van der Waals surface area contributed by atoms with Crippen molar-refractivity contribution in [1.29, 1.82) is 0 Å². The fourth-order valence-electron chi connectivity index (χ4n) is 3.34. The van der Waals surface area contributed by atoms with Crippen molar-refractivity contribution in [3.8, 4) is 0 Å². The molecule has 0 aromatic heterocycles. The van der Waals surface area contributed by atoms with Gasteiger partial charge in [0.05, 0.1) is 19.0 Å². The minimum absolute atomic E-state index is 0.0403. The number of halogens is 1. The molecule has 1 unspecified atom stereocenters. The van der Waals surface area contributed by atoms with E-state index in [0.29, 0.717) is 18.3 Å². The maximum atomic E-state index is 13.1. The Hall–Kier alpha value is -1.19. The van der Waals surface area contributed by atoms with Gasteiger partial charge in [0.2, 0.25) is 0 Å². The topological polar surface area (TPSA) is 18.5 Å². The first-order valence-corrected chi connectivity index (χ1v) is 8.44. The summed E-state index contributed by atoms with van der Waals surface area (Å²) in [6.45, 7) is 3.76. The first-order valence-electron chi connectivity index (χ1n) is 8.44. The predicted molar refractivity (Wildman–Crippen MR) is 85.3 cm³/mol. The molecule has 3 heteroatoms. The van der Waals surface area contributed by atoms with Gasteiger partial charge in [-0.1, -0.05) is 43.7 Å². The van der Waals surface area contributed by atoms with Crippen molar-refractivity contribution in [2.24, 2.45) is 5.92 Å². The van der Waals surface area contributed by atoms with Gasteiger partial charge in [0.15, 0.2) is 6.29 Å². The highest BCUT2D eigenvalue weighted by Crippen LogP contribution is 2.34. The highest BCUT2D eigenvalue weighted by molar-refractivity contribution is 5.27. The van der Waals surface area contributed by atoms with E-state index in [2.05, 4.69) is 31.2 Å². The lowest BCUT2D eigenvalue weighted by molar-refractivity contribution is -0.206. The van der Waals surface area contributed by atoms with Crippen LogP contribution >= 0.6 is 0 Å². The number of hydrogen-bond acceptors (Lipinski definition) is 2. The third kappa shape index (κ3) is 3.76. The van der Waals surface area contributed by atoms with Gasteiger partial charge in [-0.25, -0.2) is 4.39 Å². The average molecular weight is 304 g/mol. The second kappa shape index (κ2) is 7.38. The maximum Gasteiger partial charge on any atom is 0.183 e. The molecule has 0 radical (unpaired) electrons. The minimum Gasteiger partial charge on any atom is -0.348 e. The molecule has 1 aromatic rings. The molecule has 1 saturated heterocycles. The molecule has 120 valence electrons. The summed E-state index contributed by atoms with van der Waals surface area (Å²) in [4.78, 5) is 0. The van der Waals surface area contributed by atoms with Crippen molar-refractivity contribution in [3.05, 3.63) is 47.3 Å². The summed E-state index contributed by atoms with van der Waals surface area (Å²) in [6, 6.07) is 8.47. The highest BCUT2D eigenvalue weighted by Gasteiger charge is 2.23. The second-order valence-electron chi connectivity index (χ2n) is 6.44. The first-order chi connectivity index (χ1) is 10.8. The Morgan fingerprint density at radius 1 is 1.09 bits per heavy atom. The Kier molecular flexibility index (Phi) is 5.27. The van der Waals surface area contributed by atoms with Crippen LogP contribution in [-0.4, -0.2) is 13.2 Å². The third-order valence-electron chi connectivity index (χ3n) is 4.70. The smallest absolute Gasteiger partial charge is 0.183 e. The summed E-state index contributed by atoms with van der Waals surface area (Å²) >= 11 is 0. The molecule has 0 spiro atoms. The summed E-state index contributed by atoms with van der Waals surface area (Å²) in [5.41, 5.74) is 2.36. The Morgan fingerprint density at radius 3 is 2.36 bits per heavy atom. The van der Waals surface area contributed by atoms with Crippen LogP contribution in [0.25, 0.3) is 0 Å². The molecule has 1 heterocycles. The van der Waals surface area contributed by atoms with E-state index in [1.165, 1.54) is 12.0 Å². The van der Waals surface area contributed by atoms with E-state index in [4.69, 9.17) is 9.47 Å². The standard InChI is InChI=1S/C19H25FO2/c1-2-3-14-12-21-19(22-13-14)17-6-4-15(5-7-17)16-8-10-18(20)11-9-16/h4-7,10,14,16,19H,2-3,8-9,11-13H2,1H3. The number of hydrogen-bond donors (Lipinski definition) is 0. The second-order valence-corrected chi connectivity index (χ2v) is 6.44. The van der Waals surface area contributed by atoms with Gasteiger partial charge in [0.1, 0.15) is 0 Å². The van der Waals surface area contributed by atoms with E-state index >= 15 is 0 Å². The fraction of sp³-hybridized carbons (Fsp3) is 0.579. The summed E-state index contributed by atoms with van der Waals surface area (Å²) in [5.74, 6) is 1.01. The van der Waals surface area contributed by atoms with Gasteiger partial charge in [-0.15, -0.1) is 0 Å². The van der Waals surface area contributed by atoms with Crippen LogP contribution in [0.15, 0.2) is 36.2 Å². The molecule has 22 heavy (non-hydrogen) atoms. The SMILES string of the molecule is CCCC1COC(c2ccc(C3CC=C(F)CC3)cc2)OC1. The molecule has 1 aromatic carbocycles. The van der Waals surface area contributed by atoms with Crippen LogP contribution in [0.4, 0.5) is 4.39 Å². The van der Waals surface area contributed by atoms with Gasteiger partial charge in [-0.3, -0.25) is 0 Å². The monoisotopic (exact) mass is 304 g/mol. The summed E-state index contributed by atoms with van der Waals surface area (Å²) in [7, 11) is 0. The summed E-state index contributed by atoms with van der Waals surface area (Å²) in [5, 5.41) is 0. The van der Waals surface area contributed by atoms with Gasteiger partial charge >= 0.3 is 0 Å². The molecule has 3 rings (SSSR count). The maximum absolute atomic E-state index is 13.1. The first kappa shape index (κ1) is 15.7. The molecule has 1 aliphatic carbocycles. The van der Waals surface area contributed by atoms with Crippen LogP contribution in [0.2, 0.25) is 0 Å². The molecule has 1 fully saturated rings. The molecule has 1 aliphatic heterocycles. The summed E-state index contributed by atoms with van der Waals surface area (Å²) in [6.07, 6.45) is 6.11. The van der Waals surface area contributed by atoms with Gasteiger partial charge in [-0.05, 0) is 37.2 Å². The highest BCUT2D eigenvalue weighted by atomic mass is 19.1. The van der Waals surface area contributed by atoms with Gasteiger partial charge in [0.25, 0.3) is 0 Å². The van der Waals surface area contributed by atoms with Crippen molar-refractivity contribution in [3.63, 3.8) is 0 Å². The van der Waals surface area contributed by atoms with Crippen molar-refractivity contribution in [2.45, 2.75) is 51.2 Å². The molecule has 0 bridgehead atoms. The molecule has 0 N–H and O–H groups in total. The average Bonchev–Trinajstić information content (AvgIpc) is 2.57. The largest absolute Gasteiger partial charge is 0.348 e. The quantitative estimate of drug-likeness (QED) is 0.754. The van der Waals surface area contributed by atoms with E-state index in [1.807, 2.05) is 0 Å². The molecular formula is C19H25FO2. The van der Waals surface area contributed by atoms with E-state index < -0.39 is 0 Å². The van der Waals surface area contributed by atoms with Crippen molar-refractivity contribution >= 4 is 0 Å². The Balaban J connectivity index is 1.58. The fourth-order valence-corrected chi connectivity index (χ4v) is 3.34. The molecule has 2 nitrogen and oxygen atoms in total. The van der Waals surface area contributed by atoms with Crippen LogP contribution in [0, 0.1) is 5.92 Å². The van der Waals surface area contributed by atoms with Crippen molar-refractivity contribution < 1.29 is 13.9 Å². The number of benzene rings is 1. The van der Waals surface area contributed by atoms with Crippen LogP contribution < -0.4 is 0 Å². The van der Waals surface area contributed by atoms with E-state index in [-0.39, 0.29) is 12.1 Å². The zero-order valence-electron chi connectivity index (χ0n) is 13.3. The zero-order valence-corrected chi connectivity index (χ0v) is 13.3. The lowest BCUT2D eigenvalue weighted by atomic mass is 9.87.